The second-order valence-electron chi connectivity index (χ2n) is 3.23. The van der Waals surface area contributed by atoms with E-state index in [0.717, 1.165) is 0 Å². The number of thiazole rings is 1. The number of hydrogen-bond donors (Lipinski definition) is 3. The van der Waals surface area contributed by atoms with E-state index in [-0.39, 0.29) is 0 Å². The van der Waals surface area contributed by atoms with Crippen molar-refractivity contribution in [3.05, 3.63) is 41.4 Å². The van der Waals surface area contributed by atoms with E-state index >= 15 is 0 Å². The lowest BCUT2D eigenvalue weighted by Crippen LogP contribution is -2.33. The fraction of sp³-hybridized carbons (Fsp3) is 0. The Balaban J connectivity index is 1.87. The molecule has 0 fully saturated rings. The van der Waals surface area contributed by atoms with Crippen LogP contribution in [-0.4, -0.2) is 11.0 Å². The topological polar surface area (TPSA) is 89.8 Å². The molecule has 1 heterocycles. The van der Waals surface area contributed by atoms with Crippen LogP contribution in [0.15, 0.2) is 35.8 Å². The molecule has 0 bridgehead atoms. The van der Waals surface area contributed by atoms with E-state index < -0.39 is 6.03 Å². The van der Waals surface area contributed by atoms with E-state index in [9.17, 15) is 4.79 Å². The minimum Gasteiger partial charge on any atom is -0.297 e. The van der Waals surface area contributed by atoms with Gasteiger partial charge in [-0.2, -0.15) is 5.26 Å². The van der Waals surface area contributed by atoms with Crippen LogP contribution in [0.1, 0.15) is 5.56 Å². The van der Waals surface area contributed by atoms with Crippen LogP contribution in [0.2, 0.25) is 0 Å². The SMILES string of the molecule is N#Cc1cccc(NNC(=O)Nc2nccs2)c1. The number of anilines is 2. The van der Waals surface area contributed by atoms with Gasteiger partial charge in [0.1, 0.15) is 0 Å². The number of benzene rings is 1. The van der Waals surface area contributed by atoms with Gasteiger partial charge in [0.05, 0.1) is 17.3 Å². The molecule has 0 atom stereocenters. The van der Waals surface area contributed by atoms with Gasteiger partial charge in [-0.15, -0.1) is 11.3 Å². The number of nitriles is 1. The van der Waals surface area contributed by atoms with E-state index in [1.54, 1.807) is 35.8 Å². The van der Waals surface area contributed by atoms with Crippen LogP contribution in [0.4, 0.5) is 15.6 Å². The quantitative estimate of drug-likeness (QED) is 0.737. The van der Waals surface area contributed by atoms with E-state index in [0.29, 0.717) is 16.4 Å². The number of carbonyl (C=O) groups excluding carboxylic acids is 1. The van der Waals surface area contributed by atoms with Crippen LogP contribution >= 0.6 is 11.3 Å². The van der Waals surface area contributed by atoms with E-state index in [4.69, 9.17) is 5.26 Å². The molecular formula is C11H9N5OS. The van der Waals surface area contributed by atoms with Gasteiger partial charge in [-0.25, -0.2) is 9.78 Å². The zero-order chi connectivity index (χ0) is 12.8. The third kappa shape index (κ3) is 3.20. The van der Waals surface area contributed by atoms with Crippen LogP contribution in [0.5, 0.6) is 0 Å². The Kier molecular flexibility index (Phi) is 3.73. The summed E-state index contributed by atoms with van der Waals surface area (Å²) in [6, 6.07) is 8.37. The van der Waals surface area contributed by atoms with Crippen molar-refractivity contribution in [1.29, 1.82) is 5.26 Å². The van der Waals surface area contributed by atoms with Gasteiger partial charge in [0, 0.05) is 11.6 Å². The number of amides is 2. The largest absolute Gasteiger partial charge is 0.339 e. The average Bonchev–Trinajstić information content (AvgIpc) is 2.89. The van der Waals surface area contributed by atoms with Crippen LogP contribution in [0.25, 0.3) is 0 Å². The second kappa shape index (κ2) is 5.65. The van der Waals surface area contributed by atoms with Crippen LogP contribution in [-0.2, 0) is 0 Å². The van der Waals surface area contributed by atoms with E-state index in [1.807, 2.05) is 6.07 Å². The molecule has 2 aromatic rings. The maximum atomic E-state index is 11.5. The van der Waals surface area contributed by atoms with Gasteiger partial charge in [-0.05, 0) is 18.2 Å². The first kappa shape index (κ1) is 11.9. The molecule has 0 unspecified atom stereocenters. The highest BCUT2D eigenvalue weighted by Gasteiger charge is 2.02. The predicted octanol–water partition coefficient (Wildman–Crippen LogP) is 2.16. The summed E-state index contributed by atoms with van der Waals surface area (Å²) in [5.41, 5.74) is 6.28. The first-order valence-electron chi connectivity index (χ1n) is 5.00. The van der Waals surface area contributed by atoms with Crippen molar-refractivity contribution < 1.29 is 4.79 Å². The van der Waals surface area contributed by atoms with Gasteiger partial charge in [0.2, 0.25) is 0 Å². The maximum absolute atomic E-state index is 11.5. The fourth-order valence-corrected chi connectivity index (χ4v) is 1.73. The molecule has 2 rings (SSSR count). The highest BCUT2D eigenvalue weighted by Crippen LogP contribution is 2.10. The van der Waals surface area contributed by atoms with Gasteiger partial charge in [-0.1, -0.05) is 6.07 Å². The molecule has 1 aromatic carbocycles. The van der Waals surface area contributed by atoms with Crippen molar-refractivity contribution >= 4 is 28.2 Å². The van der Waals surface area contributed by atoms with E-state index in [1.165, 1.54) is 11.3 Å². The van der Waals surface area contributed by atoms with Crippen LogP contribution < -0.4 is 16.2 Å². The third-order valence-corrected chi connectivity index (χ3v) is 2.65. The number of hydrogen-bond acceptors (Lipinski definition) is 5. The highest BCUT2D eigenvalue weighted by molar-refractivity contribution is 7.13. The molecule has 6 nitrogen and oxygen atoms in total. The molecule has 3 N–H and O–H groups in total. The van der Waals surface area contributed by atoms with Gasteiger partial charge < -0.3 is 0 Å². The Bertz CT molecular complexity index is 575. The first-order chi connectivity index (χ1) is 8.78. The Morgan fingerprint density at radius 2 is 2.33 bits per heavy atom. The third-order valence-electron chi connectivity index (χ3n) is 1.96. The monoisotopic (exact) mass is 259 g/mol. The molecular weight excluding hydrogens is 250 g/mol. The van der Waals surface area contributed by atoms with Crippen molar-refractivity contribution in [2.24, 2.45) is 0 Å². The molecule has 0 radical (unpaired) electrons. The van der Waals surface area contributed by atoms with Crippen molar-refractivity contribution in [1.82, 2.24) is 10.4 Å². The second-order valence-corrected chi connectivity index (χ2v) is 4.13. The van der Waals surface area contributed by atoms with Gasteiger partial charge in [0.15, 0.2) is 5.13 Å². The smallest absolute Gasteiger partial charge is 0.297 e. The van der Waals surface area contributed by atoms with Crippen molar-refractivity contribution in [2.75, 3.05) is 10.7 Å². The molecule has 1 aromatic heterocycles. The molecule has 2 amide bonds. The Labute approximate surface area is 107 Å². The number of nitrogens with one attached hydrogen (secondary N) is 3. The van der Waals surface area contributed by atoms with Crippen molar-refractivity contribution in [3.63, 3.8) is 0 Å². The first-order valence-corrected chi connectivity index (χ1v) is 5.88. The summed E-state index contributed by atoms with van der Waals surface area (Å²) in [4.78, 5) is 15.4. The number of urea groups is 1. The molecule has 0 saturated heterocycles. The van der Waals surface area contributed by atoms with Crippen molar-refractivity contribution in [3.8, 4) is 6.07 Å². The highest BCUT2D eigenvalue weighted by atomic mass is 32.1. The summed E-state index contributed by atoms with van der Waals surface area (Å²) in [5, 5.41) is 13.6. The minimum atomic E-state index is -0.424. The average molecular weight is 259 g/mol. The summed E-state index contributed by atoms with van der Waals surface area (Å²) in [6.45, 7) is 0. The lowest BCUT2D eigenvalue weighted by molar-refractivity contribution is 0.254. The number of hydrazine groups is 1. The predicted molar refractivity (Wildman–Crippen MR) is 69.0 cm³/mol. The Morgan fingerprint density at radius 3 is 3.06 bits per heavy atom. The molecule has 0 aliphatic rings. The summed E-state index contributed by atoms with van der Waals surface area (Å²) >= 11 is 1.33. The van der Waals surface area contributed by atoms with Crippen LogP contribution in [0, 0.1) is 11.3 Å². The Morgan fingerprint density at radius 1 is 1.44 bits per heavy atom. The zero-order valence-electron chi connectivity index (χ0n) is 9.18. The molecule has 90 valence electrons. The summed E-state index contributed by atoms with van der Waals surface area (Å²) in [5.74, 6) is 0. The lowest BCUT2D eigenvalue weighted by Gasteiger charge is -2.08. The normalized spacial score (nSPS) is 9.28. The molecule has 0 spiro atoms. The summed E-state index contributed by atoms with van der Waals surface area (Å²) < 4.78 is 0. The molecule has 7 heteroatoms. The number of carbonyl (C=O) groups is 1. The van der Waals surface area contributed by atoms with Gasteiger partial charge in [-0.3, -0.25) is 16.2 Å². The molecule has 0 aliphatic carbocycles. The van der Waals surface area contributed by atoms with Gasteiger partial charge >= 0.3 is 6.03 Å². The summed E-state index contributed by atoms with van der Waals surface area (Å²) in [7, 11) is 0. The molecule has 18 heavy (non-hydrogen) atoms. The minimum absolute atomic E-state index is 0.424. The van der Waals surface area contributed by atoms with Gasteiger partial charge in [0.25, 0.3) is 0 Å². The van der Waals surface area contributed by atoms with Crippen molar-refractivity contribution in [2.45, 2.75) is 0 Å². The number of aromatic nitrogens is 1. The number of nitrogens with zero attached hydrogens (tertiary/aromatic N) is 2. The zero-order valence-corrected chi connectivity index (χ0v) is 9.99. The molecule has 0 aliphatic heterocycles. The maximum Gasteiger partial charge on any atom is 0.339 e. The molecule has 0 saturated carbocycles. The number of rotatable bonds is 3. The standard InChI is InChI=1S/C11H9N5OS/c12-7-8-2-1-3-9(6-8)15-16-10(17)14-11-13-4-5-18-11/h1-6,15H,(H2,13,14,16,17). The summed E-state index contributed by atoms with van der Waals surface area (Å²) in [6.07, 6.45) is 1.60. The Hall–Kier alpha value is -2.59. The van der Waals surface area contributed by atoms with Crippen LogP contribution in [0.3, 0.4) is 0 Å². The van der Waals surface area contributed by atoms with E-state index in [2.05, 4.69) is 21.2 Å². The lowest BCUT2D eigenvalue weighted by atomic mass is 10.2. The fourth-order valence-electron chi connectivity index (χ4n) is 1.21.